The fraction of sp³-hybridized carbons (Fsp3) is 0.514. The number of nitrogens with zero attached hydrogens (tertiary/aromatic N) is 6. The van der Waals surface area contributed by atoms with Gasteiger partial charge in [0.1, 0.15) is 27.8 Å². The molecule has 2 atom stereocenters. The lowest BCUT2D eigenvalue weighted by Gasteiger charge is -2.36. The lowest BCUT2D eigenvalue weighted by atomic mass is 9.94. The van der Waals surface area contributed by atoms with Gasteiger partial charge in [-0.25, -0.2) is 19.6 Å². The second-order valence-corrected chi connectivity index (χ2v) is 15.5. The Morgan fingerprint density at radius 3 is 2.42 bits per heavy atom. The van der Waals surface area contributed by atoms with Gasteiger partial charge >= 0.3 is 12.2 Å². The van der Waals surface area contributed by atoms with Gasteiger partial charge in [-0.3, -0.25) is 4.90 Å². The molecule has 4 heterocycles. The van der Waals surface area contributed by atoms with Crippen molar-refractivity contribution in [3.8, 4) is 10.6 Å². The monoisotopic (exact) mass is 675 g/mol. The van der Waals surface area contributed by atoms with Gasteiger partial charge in [-0.05, 0) is 72.3 Å². The number of carbonyl (C=O) groups excluding carboxylic acids is 2. The molecular formula is C35H45N7O5S. The van der Waals surface area contributed by atoms with E-state index in [1.54, 1.807) is 31.8 Å². The van der Waals surface area contributed by atoms with E-state index in [-0.39, 0.29) is 19.0 Å². The highest BCUT2D eigenvalue weighted by molar-refractivity contribution is 7.13. The number of fused-ring (bicyclic) bond motifs is 1. The summed E-state index contributed by atoms with van der Waals surface area (Å²) in [6, 6.07) is 9.82. The van der Waals surface area contributed by atoms with Crippen LogP contribution in [0.4, 0.5) is 21.2 Å². The Bertz CT molecular complexity index is 1740. The van der Waals surface area contributed by atoms with Crippen LogP contribution in [-0.4, -0.2) is 78.7 Å². The second kappa shape index (κ2) is 13.3. The number of amides is 2. The molecule has 6 rings (SSSR count). The number of aliphatic hydroxyl groups is 1. The molecule has 13 heteroatoms. The number of hydrogen-bond donors (Lipinski definition) is 2. The van der Waals surface area contributed by atoms with E-state index in [2.05, 4.69) is 10.3 Å². The van der Waals surface area contributed by atoms with E-state index in [0.717, 1.165) is 34.5 Å². The van der Waals surface area contributed by atoms with Crippen molar-refractivity contribution in [3.05, 3.63) is 59.2 Å². The van der Waals surface area contributed by atoms with Gasteiger partial charge in [-0.2, -0.15) is 9.61 Å². The maximum absolute atomic E-state index is 13.9. The summed E-state index contributed by atoms with van der Waals surface area (Å²) in [4.78, 5) is 39.0. The van der Waals surface area contributed by atoms with E-state index in [4.69, 9.17) is 19.6 Å². The molecule has 1 saturated carbocycles. The van der Waals surface area contributed by atoms with E-state index in [0.29, 0.717) is 42.7 Å². The Hall–Kier alpha value is -4.23. The molecule has 1 aromatic carbocycles. The molecule has 256 valence electrons. The number of piperidine rings is 1. The van der Waals surface area contributed by atoms with Gasteiger partial charge in [0.25, 0.3) is 0 Å². The topological polar surface area (TPSA) is 134 Å². The number of anilines is 2. The van der Waals surface area contributed by atoms with Crippen LogP contribution in [0, 0.1) is 5.92 Å². The SMILES string of the molecule is CC(C)(C)OC(=O)N1CC[C@H](CNc2cc(N(Cc3ccc(-c4nccs4)cc3)C(=O)OC(C)(C)C)n3ncc(C4CC4)c3n2)[C@@H](O)C1. The fourth-order valence-electron chi connectivity index (χ4n) is 5.73. The van der Waals surface area contributed by atoms with Crippen molar-refractivity contribution >= 4 is 40.8 Å². The van der Waals surface area contributed by atoms with Crippen molar-refractivity contribution in [2.75, 3.05) is 29.9 Å². The quantitative estimate of drug-likeness (QED) is 0.209. The van der Waals surface area contributed by atoms with Gasteiger partial charge in [0.2, 0.25) is 0 Å². The molecule has 1 aliphatic heterocycles. The summed E-state index contributed by atoms with van der Waals surface area (Å²) in [7, 11) is 0. The first-order valence-corrected chi connectivity index (χ1v) is 17.4. The normalized spacial score (nSPS) is 18.5. The summed E-state index contributed by atoms with van der Waals surface area (Å²) in [5.74, 6) is 1.35. The van der Waals surface area contributed by atoms with Crippen LogP contribution in [-0.2, 0) is 16.0 Å². The van der Waals surface area contributed by atoms with Gasteiger partial charge in [-0.15, -0.1) is 11.3 Å². The predicted octanol–water partition coefficient (Wildman–Crippen LogP) is 6.70. The molecule has 2 amide bonds. The number of aliphatic hydroxyl groups excluding tert-OH is 1. The third kappa shape index (κ3) is 8.07. The zero-order chi connectivity index (χ0) is 34.2. The summed E-state index contributed by atoms with van der Waals surface area (Å²) >= 11 is 1.57. The van der Waals surface area contributed by atoms with Crippen molar-refractivity contribution in [3.63, 3.8) is 0 Å². The van der Waals surface area contributed by atoms with Crippen molar-refractivity contribution < 1.29 is 24.2 Å². The van der Waals surface area contributed by atoms with Gasteiger partial charge in [0.15, 0.2) is 5.65 Å². The number of ether oxygens (including phenoxy) is 2. The van der Waals surface area contributed by atoms with Gasteiger partial charge in [0.05, 0.1) is 25.4 Å². The first-order chi connectivity index (χ1) is 22.7. The molecule has 0 bridgehead atoms. The number of likely N-dealkylation sites (tertiary alicyclic amines) is 1. The standard InChI is InChI=1S/C35H45N7O5S/c1-34(2,3)46-32(44)40-15-13-25(27(43)21-40)18-37-28-17-29(42-30(39-28)26(19-38-42)23-11-12-23)41(33(45)47-35(4,5)6)20-22-7-9-24(10-8-22)31-36-14-16-48-31/h7-10,14,16-17,19,23,25,27,43H,11-13,15,18,20-21H2,1-6H3,(H,37,39)/t25-,27+/m1/s1. The largest absolute Gasteiger partial charge is 0.444 e. The molecule has 2 fully saturated rings. The lowest BCUT2D eigenvalue weighted by molar-refractivity contribution is -0.0104. The summed E-state index contributed by atoms with van der Waals surface area (Å²) in [6.45, 7) is 12.4. The number of rotatable bonds is 8. The van der Waals surface area contributed by atoms with Crippen molar-refractivity contribution in [2.24, 2.45) is 5.92 Å². The summed E-state index contributed by atoms with van der Waals surface area (Å²) < 4.78 is 13.1. The lowest BCUT2D eigenvalue weighted by Crippen LogP contribution is -2.49. The molecule has 0 radical (unpaired) electrons. The van der Waals surface area contributed by atoms with Gasteiger partial charge in [-0.1, -0.05) is 24.3 Å². The smallest absolute Gasteiger partial charge is 0.416 e. The van der Waals surface area contributed by atoms with Crippen LogP contribution in [0.15, 0.2) is 48.1 Å². The maximum atomic E-state index is 13.9. The first kappa shape index (κ1) is 33.7. The van der Waals surface area contributed by atoms with Crippen LogP contribution < -0.4 is 10.2 Å². The van der Waals surface area contributed by atoms with Crippen LogP contribution in [0.1, 0.15) is 77.8 Å². The Balaban J connectivity index is 1.27. The van der Waals surface area contributed by atoms with Crippen LogP contribution >= 0.6 is 11.3 Å². The third-order valence-corrected chi connectivity index (χ3v) is 9.10. The number of hydrogen-bond acceptors (Lipinski definition) is 10. The third-order valence-electron chi connectivity index (χ3n) is 8.28. The molecule has 0 unspecified atom stereocenters. The maximum Gasteiger partial charge on any atom is 0.416 e. The molecule has 0 spiro atoms. The average molecular weight is 676 g/mol. The summed E-state index contributed by atoms with van der Waals surface area (Å²) in [5, 5.41) is 22.0. The molecule has 12 nitrogen and oxygen atoms in total. The van der Waals surface area contributed by atoms with E-state index in [1.807, 2.05) is 83.5 Å². The molecule has 2 N–H and O–H groups in total. The van der Waals surface area contributed by atoms with Crippen LogP contribution in [0.25, 0.3) is 16.2 Å². The first-order valence-electron chi connectivity index (χ1n) is 16.5. The van der Waals surface area contributed by atoms with Crippen LogP contribution in [0.5, 0.6) is 0 Å². The minimum atomic E-state index is -0.732. The predicted molar refractivity (Wildman–Crippen MR) is 185 cm³/mol. The van der Waals surface area contributed by atoms with E-state index in [9.17, 15) is 14.7 Å². The zero-order valence-corrected chi connectivity index (χ0v) is 29.3. The second-order valence-electron chi connectivity index (χ2n) is 14.6. The minimum Gasteiger partial charge on any atom is -0.444 e. The average Bonchev–Trinajstić information content (AvgIpc) is 3.52. The molecule has 4 aromatic rings. The summed E-state index contributed by atoms with van der Waals surface area (Å²) in [5.41, 5.74) is 2.33. The molecule has 3 aromatic heterocycles. The van der Waals surface area contributed by atoms with Crippen LogP contribution in [0.3, 0.4) is 0 Å². The number of nitrogens with one attached hydrogen (secondary N) is 1. The van der Waals surface area contributed by atoms with E-state index >= 15 is 0 Å². The van der Waals surface area contributed by atoms with Crippen LogP contribution in [0.2, 0.25) is 0 Å². The Labute approximate surface area is 285 Å². The zero-order valence-electron chi connectivity index (χ0n) is 28.5. The van der Waals surface area contributed by atoms with Crippen molar-refractivity contribution in [1.29, 1.82) is 0 Å². The van der Waals surface area contributed by atoms with Gasteiger partial charge < -0.3 is 24.8 Å². The molecule has 1 saturated heterocycles. The highest BCUT2D eigenvalue weighted by Crippen LogP contribution is 2.42. The highest BCUT2D eigenvalue weighted by Gasteiger charge is 2.34. The Morgan fingerprint density at radius 2 is 1.79 bits per heavy atom. The Morgan fingerprint density at radius 1 is 1.06 bits per heavy atom. The van der Waals surface area contributed by atoms with Crippen molar-refractivity contribution in [2.45, 2.75) is 90.6 Å². The number of thiazole rings is 1. The van der Waals surface area contributed by atoms with Crippen molar-refractivity contribution in [1.82, 2.24) is 24.5 Å². The van der Waals surface area contributed by atoms with E-state index in [1.165, 1.54) is 0 Å². The fourth-order valence-corrected chi connectivity index (χ4v) is 6.38. The number of carbonyl (C=O) groups is 2. The Kier molecular flexibility index (Phi) is 9.36. The van der Waals surface area contributed by atoms with Gasteiger partial charge in [0, 0.05) is 47.8 Å². The molecule has 1 aliphatic carbocycles. The highest BCUT2D eigenvalue weighted by atomic mass is 32.1. The number of benzene rings is 1. The number of aromatic nitrogens is 4. The molecule has 2 aliphatic rings. The molecular weight excluding hydrogens is 630 g/mol. The molecule has 48 heavy (non-hydrogen) atoms. The van der Waals surface area contributed by atoms with E-state index < -0.39 is 29.5 Å². The summed E-state index contributed by atoms with van der Waals surface area (Å²) in [6.07, 6.45) is 4.72. The minimum absolute atomic E-state index is 0.115. The number of β-amino-alcohol motifs (C(OH)–C–C–N with tert-alkyl or cyclic N) is 1.